The van der Waals surface area contributed by atoms with Crippen LogP contribution >= 0.6 is 11.8 Å². The summed E-state index contributed by atoms with van der Waals surface area (Å²) in [5.74, 6) is 1.17. The van der Waals surface area contributed by atoms with Crippen molar-refractivity contribution in [3.8, 4) is 0 Å². The van der Waals surface area contributed by atoms with E-state index in [4.69, 9.17) is 0 Å². The van der Waals surface area contributed by atoms with Crippen LogP contribution in [0.4, 0.5) is 0 Å². The summed E-state index contributed by atoms with van der Waals surface area (Å²) in [6.45, 7) is 3.09. The average molecular weight is 221 g/mol. The summed E-state index contributed by atoms with van der Waals surface area (Å²) in [5, 5.41) is 4.48. The molecule has 1 aliphatic rings. The molecule has 0 spiro atoms. The first-order valence-corrected chi connectivity index (χ1v) is 6.18. The van der Waals surface area contributed by atoms with E-state index in [9.17, 15) is 0 Å². The van der Waals surface area contributed by atoms with Crippen LogP contribution in [0.3, 0.4) is 0 Å². The number of hydrogen-bond donors (Lipinski definition) is 1. The van der Waals surface area contributed by atoms with Crippen LogP contribution in [0.25, 0.3) is 0 Å². The summed E-state index contributed by atoms with van der Waals surface area (Å²) >= 11 is 1.80. The fraction of sp³-hybridized carbons (Fsp3) is 0.455. The maximum atomic E-state index is 4.44. The Labute approximate surface area is 94.4 Å². The van der Waals surface area contributed by atoms with Crippen molar-refractivity contribution < 1.29 is 0 Å². The Bertz CT molecular complexity index is 337. The van der Waals surface area contributed by atoms with E-state index in [1.54, 1.807) is 18.0 Å². The second-order valence-electron chi connectivity index (χ2n) is 3.54. The van der Waals surface area contributed by atoms with Crippen LogP contribution in [0.15, 0.2) is 29.5 Å². The molecule has 1 atom stereocenters. The molecule has 4 heteroatoms. The van der Waals surface area contributed by atoms with E-state index >= 15 is 0 Å². The van der Waals surface area contributed by atoms with Crippen LogP contribution in [0.5, 0.6) is 0 Å². The van der Waals surface area contributed by atoms with Crippen molar-refractivity contribution in [2.75, 3.05) is 12.3 Å². The molecule has 1 aliphatic heterocycles. The number of amidine groups is 1. The van der Waals surface area contributed by atoms with Gasteiger partial charge in [-0.15, -0.1) is 0 Å². The van der Waals surface area contributed by atoms with Crippen molar-refractivity contribution in [2.24, 2.45) is 4.99 Å². The zero-order chi connectivity index (χ0) is 10.5. The Morgan fingerprint density at radius 3 is 3.13 bits per heavy atom. The first kappa shape index (κ1) is 10.5. The van der Waals surface area contributed by atoms with Gasteiger partial charge in [0.2, 0.25) is 0 Å². The highest BCUT2D eigenvalue weighted by Crippen LogP contribution is 2.15. The Morgan fingerprint density at radius 2 is 2.47 bits per heavy atom. The van der Waals surface area contributed by atoms with Crippen molar-refractivity contribution in [3.05, 3.63) is 30.1 Å². The van der Waals surface area contributed by atoms with Gasteiger partial charge in [0.25, 0.3) is 0 Å². The molecule has 0 saturated heterocycles. The highest BCUT2D eigenvalue weighted by molar-refractivity contribution is 8.13. The zero-order valence-corrected chi connectivity index (χ0v) is 9.63. The van der Waals surface area contributed by atoms with Gasteiger partial charge in [-0.05, 0) is 25.0 Å². The number of nitrogens with zero attached hydrogens (tertiary/aromatic N) is 2. The van der Waals surface area contributed by atoms with E-state index in [2.05, 4.69) is 28.3 Å². The highest BCUT2D eigenvalue weighted by Gasteiger charge is 2.10. The molecule has 15 heavy (non-hydrogen) atoms. The molecule has 1 aromatic rings. The number of nitrogens with one attached hydrogen (secondary N) is 1. The first-order valence-electron chi connectivity index (χ1n) is 5.20. The lowest BCUT2D eigenvalue weighted by atomic mass is 10.1. The number of rotatable bonds is 2. The van der Waals surface area contributed by atoms with E-state index < -0.39 is 0 Å². The fourth-order valence-electron chi connectivity index (χ4n) is 1.45. The van der Waals surface area contributed by atoms with Gasteiger partial charge in [-0.1, -0.05) is 17.8 Å². The molecule has 0 saturated carbocycles. The summed E-state index contributed by atoms with van der Waals surface area (Å²) in [5.41, 5.74) is 1.20. The normalized spacial score (nSPS) is 18.1. The van der Waals surface area contributed by atoms with Crippen LogP contribution in [0.1, 0.15) is 24.9 Å². The third kappa shape index (κ3) is 2.96. The van der Waals surface area contributed by atoms with E-state index in [0.717, 1.165) is 11.7 Å². The standard InChI is InChI=1S/C11H15N3S/c1-9(10-4-2-5-12-8-10)14-11-13-6-3-7-15-11/h2,4-5,8-9H,3,6-7H2,1H3,(H,13,14). The second kappa shape index (κ2) is 5.16. The lowest BCUT2D eigenvalue weighted by Gasteiger charge is -2.18. The summed E-state index contributed by atoms with van der Waals surface area (Å²) in [6, 6.07) is 4.32. The van der Waals surface area contributed by atoms with E-state index in [1.165, 1.54) is 17.7 Å². The number of aromatic nitrogens is 1. The summed E-state index contributed by atoms with van der Waals surface area (Å²) in [4.78, 5) is 8.56. The van der Waals surface area contributed by atoms with Gasteiger partial charge in [-0.25, -0.2) is 0 Å². The SMILES string of the molecule is CC(NC1=NCCCS1)c1cccnc1. The smallest absolute Gasteiger partial charge is 0.157 e. The summed E-state index contributed by atoms with van der Waals surface area (Å²) in [6.07, 6.45) is 4.88. The van der Waals surface area contributed by atoms with Crippen molar-refractivity contribution in [1.82, 2.24) is 10.3 Å². The Balaban J connectivity index is 1.97. The van der Waals surface area contributed by atoms with Crippen molar-refractivity contribution in [3.63, 3.8) is 0 Å². The van der Waals surface area contributed by atoms with Gasteiger partial charge in [-0.2, -0.15) is 0 Å². The number of hydrogen-bond acceptors (Lipinski definition) is 4. The van der Waals surface area contributed by atoms with Gasteiger partial charge in [0.15, 0.2) is 5.17 Å². The molecule has 0 aromatic carbocycles. The van der Waals surface area contributed by atoms with Crippen LogP contribution < -0.4 is 5.32 Å². The lowest BCUT2D eigenvalue weighted by Crippen LogP contribution is -2.26. The minimum absolute atomic E-state index is 0.281. The van der Waals surface area contributed by atoms with Crippen LogP contribution in [0, 0.1) is 0 Å². The molecule has 0 radical (unpaired) electrons. The average Bonchev–Trinajstić information content (AvgIpc) is 2.31. The maximum Gasteiger partial charge on any atom is 0.157 e. The Kier molecular flexibility index (Phi) is 3.61. The Morgan fingerprint density at radius 1 is 1.53 bits per heavy atom. The molecule has 1 unspecified atom stereocenters. The van der Waals surface area contributed by atoms with E-state index in [-0.39, 0.29) is 6.04 Å². The number of aliphatic imine (C=N–C) groups is 1. The quantitative estimate of drug-likeness (QED) is 0.832. The molecule has 2 rings (SSSR count). The van der Waals surface area contributed by atoms with Crippen molar-refractivity contribution >= 4 is 16.9 Å². The largest absolute Gasteiger partial charge is 0.358 e. The number of thioether (sulfide) groups is 1. The third-order valence-electron chi connectivity index (χ3n) is 2.32. The minimum atomic E-state index is 0.281. The molecular formula is C11H15N3S. The zero-order valence-electron chi connectivity index (χ0n) is 8.81. The van der Waals surface area contributed by atoms with Gasteiger partial charge in [0, 0.05) is 24.7 Å². The van der Waals surface area contributed by atoms with Gasteiger partial charge >= 0.3 is 0 Å². The summed E-state index contributed by atoms with van der Waals surface area (Å²) < 4.78 is 0. The third-order valence-corrected chi connectivity index (χ3v) is 3.33. The minimum Gasteiger partial charge on any atom is -0.358 e. The van der Waals surface area contributed by atoms with Crippen LogP contribution in [-0.4, -0.2) is 22.4 Å². The van der Waals surface area contributed by atoms with Crippen LogP contribution in [-0.2, 0) is 0 Å². The monoisotopic (exact) mass is 221 g/mol. The first-order chi connectivity index (χ1) is 7.36. The summed E-state index contributed by atoms with van der Waals surface area (Å²) in [7, 11) is 0. The predicted octanol–water partition coefficient (Wildman–Crippen LogP) is 2.23. The van der Waals surface area contributed by atoms with Gasteiger partial charge in [0.1, 0.15) is 0 Å². The number of pyridine rings is 1. The fourth-order valence-corrected chi connectivity index (χ4v) is 2.36. The van der Waals surface area contributed by atoms with Crippen molar-refractivity contribution in [2.45, 2.75) is 19.4 Å². The molecule has 80 valence electrons. The molecule has 1 N–H and O–H groups in total. The van der Waals surface area contributed by atoms with Gasteiger partial charge < -0.3 is 5.32 Å². The molecule has 2 heterocycles. The second-order valence-corrected chi connectivity index (χ2v) is 4.62. The lowest BCUT2D eigenvalue weighted by molar-refractivity contribution is 0.714. The van der Waals surface area contributed by atoms with Crippen LogP contribution in [0.2, 0.25) is 0 Å². The topological polar surface area (TPSA) is 37.3 Å². The molecule has 0 fully saturated rings. The molecule has 3 nitrogen and oxygen atoms in total. The highest BCUT2D eigenvalue weighted by atomic mass is 32.2. The molecule has 0 aliphatic carbocycles. The predicted molar refractivity (Wildman–Crippen MR) is 65.2 cm³/mol. The molecule has 0 bridgehead atoms. The van der Waals surface area contributed by atoms with Gasteiger partial charge in [-0.3, -0.25) is 9.98 Å². The van der Waals surface area contributed by atoms with Gasteiger partial charge in [0.05, 0.1) is 6.04 Å². The molecule has 0 amide bonds. The Hall–Kier alpha value is -1.03. The maximum absolute atomic E-state index is 4.44. The molecular weight excluding hydrogens is 206 g/mol. The van der Waals surface area contributed by atoms with E-state index in [1.807, 2.05) is 12.3 Å². The van der Waals surface area contributed by atoms with E-state index in [0.29, 0.717) is 0 Å². The van der Waals surface area contributed by atoms with Crippen molar-refractivity contribution in [1.29, 1.82) is 0 Å². The molecule has 1 aromatic heterocycles.